The van der Waals surface area contributed by atoms with Crippen LogP contribution in [0.25, 0.3) is 11.0 Å². The summed E-state index contributed by atoms with van der Waals surface area (Å²) in [7, 11) is 0. The van der Waals surface area contributed by atoms with Crippen molar-refractivity contribution in [2.45, 2.75) is 26.2 Å². The monoisotopic (exact) mass is 218 g/mol. The van der Waals surface area contributed by atoms with Crippen molar-refractivity contribution in [1.82, 2.24) is 9.97 Å². The molecule has 0 unspecified atom stereocenters. The second-order valence-corrected chi connectivity index (χ2v) is 4.90. The van der Waals surface area contributed by atoms with Gasteiger partial charge in [-0.15, -0.1) is 0 Å². The summed E-state index contributed by atoms with van der Waals surface area (Å²) < 4.78 is 0. The number of hydrogen-bond donors (Lipinski definition) is 2. The topological polar surface area (TPSA) is 66.0 Å². The number of aromatic carboxylic acids is 1. The van der Waals surface area contributed by atoms with Crippen LogP contribution in [0, 0.1) is 0 Å². The Morgan fingerprint density at radius 1 is 1.38 bits per heavy atom. The van der Waals surface area contributed by atoms with E-state index in [2.05, 4.69) is 30.7 Å². The maximum absolute atomic E-state index is 10.8. The number of carboxylic acids is 1. The van der Waals surface area contributed by atoms with Crippen molar-refractivity contribution in [3.63, 3.8) is 0 Å². The van der Waals surface area contributed by atoms with E-state index in [1.807, 2.05) is 6.07 Å². The number of H-pyrrole nitrogens is 1. The molecule has 0 aliphatic heterocycles. The number of rotatable bonds is 1. The number of hydrogen-bond acceptors (Lipinski definition) is 2. The van der Waals surface area contributed by atoms with Crippen LogP contribution >= 0.6 is 0 Å². The van der Waals surface area contributed by atoms with E-state index in [1.54, 1.807) is 6.07 Å². The molecule has 2 rings (SSSR count). The van der Waals surface area contributed by atoms with Crippen LogP contribution in [0.2, 0.25) is 0 Å². The van der Waals surface area contributed by atoms with Crippen LogP contribution in [0.4, 0.5) is 0 Å². The van der Waals surface area contributed by atoms with E-state index < -0.39 is 5.97 Å². The highest BCUT2D eigenvalue weighted by molar-refractivity contribution is 5.92. The van der Waals surface area contributed by atoms with Gasteiger partial charge in [-0.1, -0.05) is 20.8 Å². The lowest BCUT2D eigenvalue weighted by Crippen LogP contribution is -2.11. The van der Waals surface area contributed by atoms with Crippen molar-refractivity contribution < 1.29 is 9.90 Å². The fourth-order valence-corrected chi connectivity index (χ4v) is 1.54. The van der Waals surface area contributed by atoms with Gasteiger partial charge in [0.05, 0.1) is 5.56 Å². The fourth-order valence-electron chi connectivity index (χ4n) is 1.54. The van der Waals surface area contributed by atoms with Gasteiger partial charge in [0, 0.05) is 22.7 Å². The molecule has 0 spiro atoms. The third-order valence-corrected chi connectivity index (χ3v) is 2.53. The average molecular weight is 218 g/mol. The molecule has 0 bridgehead atoms. The second kappa shape index (κ2) is 3.33. The molecule has 0 aliphatic carbocycles. The largest absolute Gasteiger partial charge is 0.478 e. The van der Waals surface area contributed by atoms with Gasteiger partial charge in [-0.05, 0) is 12.1 Å². The van der Waals surface area contributed by atoms with Crippen molar-refractivity contribution in [1.29, 1.82) is 0 Å². The summed E-state index contributed by atoms with van der Waals surface area (Å²) in [6, 6.07) is 3.59. The van der Waals surface area contributed by atoms with Crippen LogP contribution in [0.1, 0.15) is 36.8 Å². The van der Waals surface area contributed by atoms with Gasteiger partial charge in [0.1, 0.15) is 5.65 Å². The minimum Gasteiger partial charge on any atom is -0.478 e. The zero-order valence-electron chi connectivity index (χ0n) is 9.53. The highest BCUT2D eigenvalue weighted by Gasteiger charge is 2.17. The first kappa shape index (κ1) is 10.7. The van der Waals surface area contributed by atoms with Crippen LogP contribution < -0.4 is 0 Å². The van der Waals surface area contributed by atoms with Gasteiger partial charge in [0.25, 0.3) is 0 Å². The minimum atomic E-state index is -0.951. The average Bonchev–Trinajstić information content (AvgIpc) is 2.58. The van der Waals surface area contributed by atoms with Crippen molar-refractivity contribution in [2.24, 2.45) is 0 Å². The Morgan fingerprint density at radius 3 is 2.62 bits per heavy atom. The number of carboxylic acid groups (broad SMARTS) is 1. The molecular weight excluding hydrogens is 204 g/mol. The molecule has 0 aromatic carbocycles. The van der Waals surface area contributed by atoms with E-state index in [0.717, 1.165) is 16.7 Å². The third-order valence-electron chi connectivity index (χ3n) is 2.53. The summed E-state index contributed by atoms with van der Waals surface area (Å²) in [6.45, 7) is 6.28. The molecular formula is C12H14N2O2. The number of nitrogens with one attached hydrogen (secondary N) is 1. The molecule has 2 heterocycles. The normalized spacial score (nSPS) is 11.9. The maximum atomic E-state index is 10.8. The Labute approximate surface area is 93.3 Å². The summed E-state index contributed by atoms with van der Waals surface area (Å²) >= 11 is 0. The lowest BCUT2D eigenvalue weighted by atomic mass is 9.92. The summed E-state index contributed by atoms with van der Waals surface area (Å²) in [5.74, 6) is -0.951. The van der Waals surface area contributed by atoms with Crippen molar-refractivity contribution in [2.75, 3.05) is 0 Å². The summed E-state index contributed by atoms with van der Waals surface area (Å²) in [6.07, 6.45) is 1.37. The molecule has 4 nitrogen and oxygen atoms in total. The van der Waals surface area contributed by atoms with Gasteiger partial charge >= 0.3 is 5.97 Å². The Morgan fingerprint density at radius 2 is 2.06 bits per heavy atom. The van der Waals surface area contributed by atoms with Gasteiger partial charge in [0.15, 0.2) is 0 Å². The second-order valence-electron chi connectivity index (χ2n) is 4.90. The molecule has 0 amide bonds. The molecule has 84 valence electrons. The summed E-state index contributed by atoms with van der Waals surface area (Å²) in [5.41, 5.74) is 2.00. The predicted octanol–water partition coefficient (Wildman–Crippen LogP) is 2.56. The van der Waals surface area contributed by atoms with Crippen LogP contribution in [0.5, 0.6) is 0 Å². The molecule has 0 radical (unpaired) electrons. The predicted molar refractivity (Wildman–Crippen MR) is 61.8 cm³/mol. The lowest BCUT2D eigenvalue weighted by molar-refractivity contribution is 0.0696. The molecule has 0 atom stereocenters. The first-order valence-corrected chi connectivity index (χ1v) is 5.10. The van der Waals surface area contributed by atoms with Crippen LogP contribution in [-0.2, 0) is 5.41 Å². The van der Waals surface area contributed by atoms with E-state index >= 15 is 0 Å². The van der Waals surface area contributed by atoms with Crippen LogP contribution in [-0.4, -0.2) is 21.0 Å². The number of pyridine rings is 1. The Kier molecular flexibility index (Phi) is 2.22. The Hall–Kier alpha value is -1.84. The van der Waals surface area contributed by atoms with E-state index in [9.17, 15) is 4.79 Å². The quantitative estimate of drug-likeness (QED) is 0.773. The first-order chi connectivity index (χ1) is 7.38. The lowest BCUT2D eigenvalue weighted by Gasteiger charge is -2.15. The molecule has 4 heteroatoms. The van der Waals surface area contributed by atoms with E-state index in [-0.39, 0.29) is 11.0 Å². The fraction of sp³-hybridized carbons (Fsp3) is 0.333. The van der Waals surface area contributed by atoms with E-state index in [0.29, 0.717) is 0 Å². The van der Waals surface area contributed by atoms with Crippen molar-refractivity contribution >= 4 is 17.0 Å². The third kappa shape index (κ3) is 1.78. The molecule has 16 heavy (non-hydrogen) atoms. The standard InChI is InChI=1S/C12H14N2O2/c1-12(2,3)9-5-7-4-8(11(15)16)6-13-10(7)14-9/h4-6H,1-3H3,(H,13,14)(H,15,16). The zero-order valence-corrected chi connectivity index (χ0v) is 9.53. The SMILES string of the molecule is CC(C)(C)c1cc2cc(C(=O)O)cnc2[nH]1. The van der Waals surface area contributed by atoms with Crippen molar-refractivity contribution in [3.8, 4) is 0 Å². The highest BCUT2D eigenvalue weighted by Crippen LogP contribution is 2.25. The first-order valence-electron chi connectivity index (χ1n) is 5.10. The zero-order chi connectivity index (χ0) is 11.9. The molecule has 2 aromatic rings. The maximum Gasteiger partial charge on any atom is 0.337 e. The molecule has 0 saturated carbocycles. The highest BCUT2D eigenvalue weighted by atomic mass is 16.4. The number of carbonyl (C=O) groups is 1. The molecule has 2 aromatic heterocycles. The number of aromatic nitrogens is 2. The molecule has 0 saturated heterocycles. The van der Waals surface area contributed by atoms with Gasteiger partial charge in [-0.25, -0.2) is 9.78 Å². The number of aromatic amines is 1. The van der Waals surface area contributed by atoms with Crippen LogP contribution in [0.3, 0.4) is 0 Å². The van der Waals surface area contributed by atoms with E-state index in [1.165, 1.54) is 6.20 Å². The van der Waals surface area contributed by atoms with Crippen molar-refractivity contribution in [3.05, 3.63) is 29.6 Å². The molecule has 0 aliphatic rings. The Balaban J connectivity index is 2.59. The summed E-state index contributed by atoms with van der Waals surface area (Å²) in [4.78, 5) is 18.1. The molecule has 2 N–H and O–H groups in total. The number of fused-ring (bicyclic) bond motifs is 1. The molecule has 0 fully saturated rings. The minimum absolute atomic E-state index is 0.00405. The van der Waals surface area contributed by atoms with Gasteiger partial charge < -0.3 is 10.1 Å². The van der Waals surface area contributed by atoms with Gasteiger partial charge in [0.2, 0.25) is 0 Å². The van der Waals surface area contributed by atoms with E-state index in [4.69, 9.17) is 5.11 Å². The van der Waals surface area contributed by atoms with Gasteiger partial charge in [-0.2, -0.15) is 0 Å². The van der Waals surface area contributed by atoms with Gasteiger partial charge in [-0.3, -0.25) is 0 Å². The Bertz CT molecular complexity index is 550. The van der Waals surface area contributed by atoms with Crippen LogP contribution in [0.15, 0.2) is 18.3 Å². The number of nitrogens with zero attached hydrogens (tertiary/aromatic N) is 1. The summed E-state index contributed by atoms with van der Waals surface area (Å²) in [5, 5.41) is 9.70. The smallest absolute Gasteiger partial charge is 0.337 e.